The topological polar surface area (TPSA) is 21.3 Å². The standard InChI is InChI=1S/C9H10ClF6NO/c1-18-4-2-3-5(10)6(4)17-7(3,8(11,12)13)9(14,15)16/h3-6,17H,2H2,1H3/t3-,4+,5-,6+/m0/s1. The van der Waals surface area contributed by atoms with E-state index in [1.807, 2.05) is 0 Å². The maximum Gasteiger partial charge on any atom is 0.415 e. The zero-order chi connectivity index (χ0) is 13.9. The monoisotopic (exact) mass is 297 g/mol. The summed E-state index contributed by atoms with van der Waals surface area (Å²) >= 11 is 5.70. The van der Waals surface area contributed by atoms with Crippen LogP contribution in [0, 0.1) is 5.92 Å². The van der Waals surface area contributed by atoms with Gasteiger partial charge in [0.1, 0.15) is 0 Å². The summed E-state index contributed by atoms with van der Waals surface area (Å²) in [6.45, 7) is 0. The van der Waals surface area contributed by atoms with E-state index < -0.39 is 41.3 Å². The second-order valence-corrected chi connectivity index (χ2v) is 5.04. The molecule has 0 amide bonds. The fourth-order valence-electron chi connectivity index (χ4n) is 2.93. The van der Waals surface area contributed by atoms with Gasteiger partial charge in [0.25, 0.3) is 0 Å². The normalized spacial score (nSPS) is 39.3. The highest BCUT2D eigenvalue weighted by Crippen LogP contribution is 2.58. The molecule has 1 heterocycles. The van der Waals surface area contributed by atoms with Gasteiger partial charge in [0.15, 0.2) is 0 Å². The van der Waals surface area contributed by atoms with Crippen molar-refractivity contribution in [3.05, 3.63) is 0 Å². The molecule has 106 valence electrons. The third kappa shape index (κ3) is 1.58. The van der Waals surface area contributed by atoms with Gasteiger partial charge in [-0.25, -0.2) is 0 Å². The Morgan fingerprint density at radius 3 is 1.94 bits per heavy atom. The summed E-state index contributed by atoms with van der Waals surface area (Å²) in [5.41, 5.74) is -3.92. The van der Waals surface area contributed by atoms with Crippen molar-refractivity contribution >= 4 is 11.6 Å². The minimum absolute atomic E-state index is 0.360. The average molecular weight is 298 g/mol. The third-order valence-electron chi connectivity index (χ3n) is 3.76. The molecule has 0 aromatic rings. The van der Waals surface area contributed by atoms with E-state index in [1.54, 1.807) is 5.32 Å². The summed E-state index contributed by atoms with van der Waals surface area (Å²) in [5, 5.41) is 0.376. The number of rotatable bonds is 1. The molecule has 0 unspecified atom stereocenters. The first-order valence-electron chi connectivity index (χ1n) is 5.14. The molecule has 2 nitrogen and oxygen atoms in total. The molecule has 2 rings (SSSR count). The molecule has 18 heavy (non-hydrogen) atoms. The predicted octanol–water partition coefficient (Wildman–Crippen LogP) is 2.46. The van der Waals surface area contributed by atoms with Crippen LogP contribution in [0.3, 0.4) is 0 Å². The fraction of sp³-hybridized carbons (Fsp3) is 1.00. The van der Waals surface area contributed by atoms with E-state index in [1.165, 1.54) is 7.11 Å². The quantitative estimate of drug-likeness (QED) is 0.593. The minimum atomic E-state index is -5.45. The zero-order valence-electron chi connectivity index (χ0n) is 9.07. The summed E-state index contributed by atoms with van der Waals surface area (Å²) in [7, 11) is 1.24. The maximum atomic E-state index is 12.9. The number of hydrogen-bond donors (Lipinski definition) is 1. The molecule has 1 saturated heterocycles. The molecule has 1 N–H and O–H groups in total. The van der Waals surface area contributed by atoms with Gasteiger partial charge >= 0.3 is 12.4 Å². The van der Waals surface area contributed by atoms with E-state index in [9.17, 15) is 26.3 Å². The highest BCUT2D eigenvalue weighted by atomic mass is 35.5. The number of nitrogens with one attached hydrogen (secondary N) is 1. The number of halogens is 7. The van der Waals surface area contributed by atoms with Crippen LogP contribution in [-0.4, -0.2) is 42.5 Å². The largest absolute Gasteiger partial charge is 0.415 e. The van der Waals surface area contributed by atoms with Crippen LogP contribution >= 0.6 is 11.6 Å². The van der Waals surface area contributed by atoms with Crippen molar-refractivity contribution in [1.29, 1.82) is 0 Å². The van der Waals surface area contributed by atoms with Gasteiger partial charge in [-0.05, 0) is 6.42 Å². The average Bonchev–Trinajstić information content (AvgIpc) is 2.67. The van der Waals surface area contributed by atoms with E-state index in [4.69, 9.17) is 16.3 Å². The van der Waals surface area contributed by atoms with Gasteiger partial charge in [-0.15, -0.1) is 11.6 Å². The number of hydrogen-bond acceptors (Lipinski definition) is 2. The fourth-order valence-corrected chi connectivity index (χ4v) is 3.45. The highest BCUT2D eigenvalue weighted by molar-refractivity contribution is 6.22. The number of alkyl halides is 7. The Morgan fingerprint density at radius 1 is 1.17 bits per heavy atom. The summed E-state index contributed by atoms with van der Waals surface area (Å²) in [4.78, 5) is 0. The molecule has 0 radical (unpaired) electrons. The summed E-state index contributed by atoms with van der Waals surface area (Å²) in [6.07, 6.45) is -12.0. The number of piperidine rings is 1. The van der Waals surface area contributed by atoms with Crippen LogP contribution in [-0.2, 0) is 4.74 Å². The second-order valence-electron chi connectivity index (χ2n) is 4.53. The van der Waals surface area contributed by atoms with Crippen LogP contribution in [0.15, 0.2) is 0 Å². The van der Waals surface area contributed by atoms with E-state index in [0.29, 0.717) is 0 Å². The van der Waals surface area contributed by atoms with Crippen LogP contribution < -0.4 is 5.32 Å². The van der Waals surface area contributed by atoms with Gasteiger partial charge in [0.2, 0.25) is 5.54 Å². The molecular weight excluding hydrogens is 288 g/mol. The number of methoxy groups -OCH3 is 1. The SMILES string of the molecule is CO[C@@H]1C[C@H]2[C@H](Cl)[C@@H]1NC2(C(F)(F)F)C(F)(F)F. The summed E-state index contributed by atoms with van der Waals surface area (Å²) in [5.74, 6) is -1.77. The molecule has 1 aliphatic carbocycles. The van der Waals surface area contributed by atoms with Gasteiger partial charge in [-0.3, -0.25) is 5.32 Å². The molecule has 4 atom stereocenters. The molecule has 2 fully saturated rings. The van der Waals surface area contributed by atoms with Crippen LogP contribution in [0.5, 0.6) is 0 Å². The Bertz CT molecular complexity index is 329. The molecule has 0 aromatic carbocycles. The molecule has 2 aliphatic rings. The van der Waals surface area contributed by atoms with Crippen LogP contribution in [0.1, 0.15) is 6.42 Å². The molecule has 0 aromatic heterocycles. The van der Waals surface area contributed by atoms with Gasteiger partial charge in [0, 0.05) is 13.0 Å². The lowest BCUT2D eigenvalue weighted by atomic mass is 9.82. The van der Waals surface area contributed by atoms with Crippen molar-refractivity contribution in [2.45, 2.75) is 41.8 Å². The zero-order valence-corrected chi connectivity index (χ0v) is 9.83. The van der Waals surface area contributed by atoms with Crippen molar-refractivity contribution in [1.82, 2.24) is 5.32 Å². The van der Waals surface area contributed by atoms with Crippen molar-refractivity contribution in [2.24, 2.45) is 5.92 Å². The first-order valence-corrected chi connectivity index (χ1v) is 5.58. The number of fused-ring (bicyclic) bond motifs is 2. The molecule has 0 spiro atoms. The first-order chi connectivity index (χ1) is 8.06. The molecule has 2 bridgehead atoms. The van der Waals surface area contributed by atoms with Crippen molar-refractivity contribution in [2.75, 3.05) is 7.11 Å². The highest BCUT2D eigenvalue weighted by Gasteiger charge is 2.81. The van der Waals surface area contributed by atoms with Gasteiger partial charge in [-0.2, -0.15) is 26.3 Å². The smallest absolute Gasteiger partial charge is 0.380 e. The van der Waals surface area contributed by atoms with Crippen molar-refractivity contribution < 1.29 is 31.1 Å². The Labute approximate surface area is 104 Å². The summed E-state index contributed by atoms with van der Waals surface area (Å²) in [6, 6.07) is -1.15. The lowest BCUT2D eigenvalue weighted by molar-refractivity contribution is -0.321. The Hall–Kier alpha value is -0.210. The maximum absolute atomic E-state index is 12.9. The van der Waals surface area contributed by atoms with Crippen LogP contribution in [0.2, 0.25) is 0 Å². The van der Waals surface area contributed by atoms with E-state index in [0.717, 1.165) is 0 Å². The molecule has 9 heteroatoms. The Morgan fingerprint density at radius 2 is 1.67 bits per heavy atom. The van der Waals surface area contributed by atoms with Crippen LogP contribution in [0.25, 0.3) is 0 Å². The van der Waals surface area contributed by atoms with Crippen molar-refractivity contribution in [3.63, 3.8) is 0 Å². The molecular formula is C9H10ClF6NO. The van der Waals surface area contributed by atoms with Gasteiger partial charge in [-0.1, -0.05) is 0 Å². The first kappa shape index (κ1) is 14.2. The van der Waals surface area contributed by atoms with Crippen LogP contribution in [0.4, 0.5) is 26.3 Å². The van der Waals surface area contributed by atoms with Gasteiger partial charge < -0.3 is 4.74 Å². The van der Waals surface area contributed by atoms with E-state index in [-0.39, 0.29) is 6.42 Å². The van der Waals surface area contributed by atoms with E-state index >= 15 is 0 Å². The van der Waals surface area contributed by atoms with Gasteiger partial charge in [0.05, 0.1) is 17.5 Å². The lowest BCUT2D eigenvalue weighted by Gasteiger charge is -2.42. The Kier molecular flexibility index (Phi) is 3.07. The Balaban J connectivity index is 2.44. The second kappa shape index (κ2) is 3.89. The molecule has 1 aliphatic heterocycles. The predicted molar refractivity (Wildman–Crippen MR) is 50.3 cm³/mol. The minimum Gasteiger partial charge on any atom is -0.380 e. The molecule has 1 saturated carbocycles. The summed E-state index contributed by atoms with van der Waals surface area (Å²) < 4.78 is 82.2. The lowest BCUT2D eigenvalue weighted by Crippen LogP contribution is -2.70. The van der Waals surface area contributed by atoms with Crippen molar-refractivity contribution in [3.8, 4) is 0 Å². The van der Waals surface area contributed by atoms with E-state index in [2.05, 4.69) is 0 Å². The number of ether oxygens (including phenoxy) is 1. The third-order valence-corrected chi connectivity index (χ3v) is 4.34.